The molecule has 1 aliphatic heterocycles. The molecule has 0 spiro atoms. The third-order valence-corrected chi connectivity index (χ3v) is 5.99. The minimum Gasteiger partial charge on any atom is -0.480 e. The second kappa shape index (κ2) is 10.3. The average molecular weight is 394 g/mol. The fourth-order valence-electron chi connectivity index (χ4n) is 3.24. The smallest absolute Gasteiger partial charge is 0.326 e. The summed E-state index contributed by atoms with van der Waals surface area (Å²) in [6.07, 6.45) is 2.44. The zero-order valence-electron chi connectivity index (χ0n) is 15.8. The van der Waals surface area contributed by atoms with Crippen LogP contribution in [0.4, 0.5) is 0 Å². The third-order valence-electron chi connectivity index (χ3n) is 4.62. The van der Waals surface area contributed by atoms with E-state index in [1.54, 1.807) is 13.8 Å². The van der Waals surface area contributed by atoms with Gasteiger partial charge in [0.1, 0.15) is 11.3 Å². The summed E-state index contributed by atoms with van der Waals surface area (Å²) in [6.45, 7) is 4.23. The quantitative estimate of drug-likeness (QED) is 0.650. The van der Waals surface area contributed by atoms with Gasteiger partial charge in [-0.3, -0.25) is 9.59 Å². The lowest BCUT2D eigenvalue weighted by Gasteiger charge is -2.26. The van der Waals surface area contributed by atoms with Crippen LogP contribution in [0.15, 0.2) is 30.3 Å². The van der Waals surface area contributed by atoms with Crippen LogP contribution in [0.2, 0.25) is 0 Å². The van der Waals surface area contributed by atoms with E-state index in [0.29, 0.717) is 32.2 Å². The van der Waals surface area contributed by atoms with Crippen LogP contribution in [-0.4, -0.2) is 57.5 Å². The van der Waals surface area contributed by atoms with E-state index in [2.05, 4.69) is 0 Å². The molecule has 1 N–H and O–H groups in total. The zero-order valence-corrected chi connectivity index (χ0v) is 16.6. The van der Waals surface area contributed by atoms with Gasteiger partial charge in [0.05, 0.1) is 11.9 Å². The van der Waals surface area contributed by atoms with E-state index in [1.165, 1.54) is 16.7 Å². The average Bonchev–Trinajstić information content (AvgIpc) is 3.15. The van der Waals surface area contributed by atoms with Crippen molar-refractivity contribution in [3.8, 4) is 0 Å². The molecule has 1 amide bonds. The lowest BCUT2D eigenvalue weighted by atomic mass is 10.1. The highest BCUT2D eigenvalue weighted by Crippen LogP contribution is 2.28. The zero-order chi connectivity index (χ0) is 19.8. The van der Waals surface area contributed by atoms with Crippen LogP contribution in [0.1, 0.15) is 38.7 Å². The highest BCUT2D eigenvalue weighted by molar-refractivity contribution is 8.01. The summed E-state index contributed by atoms with van der Waals surface area (Å²) in [4.78, 5) is 37.9. The van der Waals surface area contributed by atoms with E-state index in [9.17, 15) is 19.5 Å². The predicted octanol–water partition coefficient (Wildman–Crippen LogP) is 2.75. The van der Waals surface area contributed by atoms with E-state index in [0.717, 1.165) is 5.56 Å². The maximum absolute atomic E-state index is 12.7. The lowest BCUT2D eigenvalue weighted by Crippen LogP contribution is -2.44. The predicted molar refractivity (Wildman–Crippen MR) is 105 cm³/mol. The number of thioether (sulfide) groups is 1. The third kappa shape index (κ3) is 5.99. The lowest BCUT2D eigenvalue weighted by molar-refractivity contribution is -0.148. The first kappa shape index (κ1) is 21.3. The Morgan fingerprint density at radius 1 is 1.30 bits per heavy atom. The molecule has 27 heavy (non-hydrogen) atoms. The number of carboxylic acids is 1. The van der Waals surface area contributed by atoms with Gasteiger partial charge in [0.2, 0.25) is 5.91 Å². The molecular weight excluding hydrogens is 366 g/mol. The molecule has 1 fully saturated rings. The molecule has 6 nitrogen and oxygen atoms in total. The number of hydrogen-bond donors (Lipinski definition) is 1. The standard InChI is InChI=1S/C20H27NO5S/c1-3-26-20(25)17(12-11-15-8-5-4-6-9-15)27-14(2)18(22)21-13-7-10-16(21)19(23)24/h4-6,8-9,14,16-17H,3,7,10-13H2,1-2H3,(H,23,24). The number of aliphatic carboxylic acids is 1. The van der Waals surface area contributed by atoms with Crippen molar-refractivity contribution < 1.29 is 24.2 Å². The number of carbonyl (C=O) groups is 3. The molecule has 1 saturated heterocycles. The number of esters is 1. The maximum Gasteiger partial charge on any atom is 0.326 e. The van der Waals surface area contributed by atoms with Gasteiger partial charge in [-0.1, -0.05) is 30.3 Å². The summed E-state index contributed by atoms with van der Waals surface area (Å²) < 4.78 is 5.18. The molecule has 0 aromatic heterocycles. The van der Waals surface area contributed by atoms with E-state index >= 15 is 0 Å². The largest absolute Gasteiger partial charge is 0.480 e. The first-order valence-electron chi connectivity index (χ1n) is 9.33. The summed E-state index contributed by atoms with van der Waals surface area (Å²) in [5, 5.41) is 8.32. The van der Waals surface area contributed by atoms with Crippen LogP contribution < -0.4 is 0 Å². The van der Waals surface area contributed by atoms with Crippen molar-refractivity contribution in [2.75, 3.05) is 13.2 Å². The number of benzene rings is 1. The number of aryl methyl sites for hydroxylation is 1. The first-order valence-corrected chi connectivity index (χ1v) is 10.3. The van der Waals surface area contributed by atoms with Crippen LogP contribution >= 0.6 is 11.8 Å². The fourth-order valence-corrected chi connectivity index (χ4v) is 4.42. The van der Waals surface area contributed by atoms with Crippen molar-refractivity contribution >= 4 is 29.6 Å². The van der Waals surface area contributed by atoms with E-state index in [1.807, 2.05) is 30.3 Å². The van der Waals surface area contributed by atoms with Crippen molar-refractivity contribution in [1.29, 1.82) is 0 Å². The molecule has 1 aromatic carbocycles. The molecule has 1 aromatic rings. The summed E-state index contributed by atoms with van der Waals surface area (Å²) in [7, 11) is 0. The number of carbonyl (C=O) groups excluding carboxylic acids is 2. The minimum atomic E-state index is -0.968. The molecule has 0 aliphatic carbocycles. The minimum absolute atomic E-state index is 0.223. The van der Waals surface area contributed by atoms with Gasteiger partial charge in [-0.25, -0.2) is 4.79 Å². The van der Waals surface area contributed by atoms with E-state index in [-0.39, 0.29) is 18.5 Å². The Labute approximate surface area is 164 Å². The number of nitrogens with zero attached hydrogens (tertiary/aromatic N) is 1. The van der Waals surface area contributed by atoms with E-state index in [4.69, 9.17) is 4.74 Å². The topological polar surface area (TPSA) is 83.9 Å². The van der Waals surface area contributed by atoms with Gasteiger partial charge in [0.15, 0.2) is 0 Å². The molecule has 3 atom stereocenters. The van der Waals surface area contributed by atoms with Crippen molar-refractivity contribution in [3.05, 3.63) is 35.9 Å². The monoisotopic (exact) mass is 393 g/mol. The van der Waals surface area contributed by atoms with E-state index < -0.39 is 22.5 Å². The molecule has 148 valence electrons. The Morgan fingerprint density at radius 2 is 2.00 bits per heavy atom. The number of hydrogen-bond acceptors (Lipinski definition) is 5. The highest BCUT2D eigenvalue weighted by Gasteiger charge is 2.37. The molecular formula is C20H27NO5S. The normalized spacial score (nSPS) is 18.7. The summed E-state index contributed by atoms with van der Waals surface area (Å²) in [5.74, 6) is -1.52. The Kier molecular flexibility index (Phi) is 8.16. The summed E-state index contributed by atoms with van der Waals surface area (Å²) >= 11 is 1.26. The molecule has 2 rings (SSSR count). The molecule has 7 heteroatoms. The van der Waals surface area contributed by atoms with Gasteiger partial charge in [-0.05, 0) is 45.1 Å². The second-order valence-electron chi connectivity index (χ2n) is 6.57. The van der Waals surface area contributed by atoms with Crippen LogP contribution in [-0.2, 0) is 25.5 Å². The molecule has 0 bridgehead atoms. The number of ether oxygens (including phenoxy) is 1. The van der Waals surface area contributed by atoms with Crippen molar-refractivity contribution in [2.45, 2.75) is 56.1 Å². The van der Waals surface area contributed by atoms with Gasteiger partial charge < -0.3 is 14.7 Å². The van der Waals surface area contributed by atoms with Crippen LogP contribution in [0, 0.1) is 0 Å². The molecule has 1 aliphatic rings. The first-order chi connectivity index (χ1) is 12.9. The summed E-state index contributed by atoms with van der Waals surface area (Å²) in [6, 6.07) is 9.09. The Balaban J connectivity index is 2.01. The molecule has 0 saturated carbocycles. The SMILES string of the molecule is CCOC(=O)C(CCc1ccccc1)SC(C)C(=O)N1CCCC1C(=O)O. The number of likely N-dealkylation sites (tertiary alicyclic amines) is 1. The Morgan fingerprint density at radius 3 is 2.63 bits per heavy atom. The van der Waals surface area contributed by atoms with Crippen LogP contribution in [0.25, 0.3) is 0 Å². The van der Waals surface area contributed by atoms with Crippen molar-refractivity contribution in [1.82, 2.24) is 4.90 Å². The maximum atomic E-state index is 12.7. The highest BCUT2D eigenvalue weighted by atomic mass is 32.2. The van der Waals surface area contributed by atoms with Crippen molar-refractivity contribution in [3.63, 3.8) is 0 Å². The summed E-state index contributed by atoms with van der Waals surface area (Å²) in [5.41, 5.74) is 1.12. The second-order valence-corrected chi connectivity index (χ2v) is 8.12. The Hall–Kier alpha value is -2.02. The Bertz CT molecular complexity index is 651. The van der Waals surface area contributed by atoms with Crippen molar-refractivity contribution in [2.24, 2.45) is 0 Å². The van der Waals surface area contributed by atoms with Crippen LogP contribution in [0.5, 0.6) is 0 Å². The van der Waals surface area contributed by atoms with Gasteiger partial charge in [-0.2, -0.15) is 0 Å². The van der Waals surface area contributed by atoms with Gasteiger partial charge in [0, 0.05) is 6.54 Å². The van der Waals surface area contributed by atoms with Crippen LogP contribution in [0.3, 0.4) is 0 Å². The van der Waals surface area contributed by atoms with Gasteiger partial charge in [-0.15, -0.1) is 11.8 Å². The number of amides is 1. The molecule has 1 heterocycles. The molecule has 3 unspecified atom stereocenters. The number of carboxylic acid groups (broad SMARTS) is 1. The van der Waals surface area contributed by atoms with Gasteiger partial charge >= 0.3 is 11.9 Å². The number of rotatable bonds is 9. The fraction of sp³-hybridized carbons (Fsp3) is 0.550. The van der Waals surface area contributed by atoms with Gasteiger partial charge in [0.25, 0.3) is 0 Å². The molecule has 0 radical (unpaired) electrons.